The first-order chi connectivity index (χ1) is 5.72. The highest BCUT2D eigenvalue weighted by Gasteiger charge is 1.96. The molecule has 0 saturated heterocycles. The van der Waals surface area contributed by atoms with E-state index in [2.05, 4.69) is 5.16 Å². The summed E-state index contributed by atoms with van der Waals surface area (Å²) in [7, 11) is 0. The molecule has 3 heteroatoms. The van der Waals surface area contributed by atoms with Gasteiger partial charge in [0.05, 0.1) is 5.71 Å². The second-order valence-corrected chi connectivity index (χ2v) is 2.68. The minimum absolute atomic E-state index is 0.234. The van der Waals surface area contributed by atoms with Crippen molar-refractivity contribution in [3.8, 4) is 5.75 Å². The zero-order valence-corrected chi connectivity index (χ0v) is 6.86. The third-order valence-electron chi connectivity index (χ3n) is 1.54. The molecule has 0 saturated carbocycles. The van der Waals surface area contributed by atoms with Crippen LogP contribution >= 0.6 is 0 Å². The lowest BCUT2D eigenvalue weighted by Crippen LogP contribution is -1.96. The lowest BCUT2D eigenvalue weighted by atomic mass is 10.1. The first-order valence-corrected chi connectivity index (χ1v) is 3.68. The van der Waals surface area contributed by atoms with Crippen molar-refractivity contribution in [2.24, 2.45) is 5.16 Å². The van der Waals surface area contributed by atoms with Crippen LogP contribution in [-0.2, 0) is 6.42 Å². The Morgan fingerprint density at radius 2 is 2.25 bits per heavy atom. The molecule has 1 aromatic carbocycles. The number of benzene rings is 1. The molecule has 0 aliphatic rings. The minimum atomic E-state index is 0.234. The van der Waals surface area contributed by atoms with E-state index in [9.17, 15) is 0 Å². The fourth-order valence-corrected chi connectivity index (χ4v) is 0.997. The lowest BCUT2D eigenvalue weighted by Gasteiger charge is -1.99. The quantitative estimate of drug-likeness (QED) is 0.398. The van der Waals surface area contributed by atoms with Crippen molar-refractivity contribution in [2.75, 3.05) is 0 Å². The Hall–Kier alpha value is -1.51. The average Bonchev–Trinajstić information content (AvgIpc) is 2.04. The van der Waals surface area contributed by atoms with Gasteiger partial charge in [-0.05, 0) is 24.6 Å². The van der Waals surface area contributed by atoms with Crippen LogP contribution in [0, 0.1) is 0 Å². The Bertz CT molecular complexity index is 294. The number of oxime groups is 1. The molecule has 0 unspecified atom stereocenters. The van der Waals surface area contributed by atoms with Crippen molar-refractivity contribution in [3.63, 3.8) is 0 Å². The summed E-state index contributed by atoms with van der Waals surface area (Å²) in [5, 5.41) is 20.5. The third kappa shape index (κ3) is 2.27. The van der Waals surface area contributed by atoms with Crippen LogP contribution in [0.3, 0.4) is 0 Å². The smallest absolute Gasteiger partial charge is 0.115 e. The molecule has 2 N–H and O–H groups in total. The number of phenolic OH excluding ortho intramolecular Hbond substituents is 1. The van der Waals surface area contributed by atoms with Crippen molar-refractivity contribution in [2.45, 2.75) is 13.3 Å². The number of hydrogen-bond acceptors (Lipinski definition) is 3. The highest BCUT2D eigenvalue weighted by Crippen LogP contribution is 2.11. The molecule has 1 rings (SSSR count). The summed E-state index contributed by atoms with van der Waals surface area (Å²) >= 11 is 0. The number of hydrogen-bond donors (Lipinski definition) is 2. The van der Waals surface area contributed by atoms with Gasteiger partial charge in [-0.15, -0.1) is 0 Å². The van der Waals surface area contributed by atoms with Crippen LogP contribution < -0.4 is 0 Å². The standard InChI is InChI=1S/C9H11NO2/c1-7(10-12)5-8-3-2-4-9(11)6-8/h2-4,6,11-12H,5H2,1H3/b10-7+. The molecule has 1 aromatic rings. The molecule has 0 heterocycles. The molecule has 0 bridgehead atoms. The van der Waals surface area contributed by atoms with Crippen LogP contribution in [0.4, 0.5) is 0 Å². The monoisotopic (exact) mass is 165 g/mol. The van der Waals surface area contributed by atoms with Crippen LogP contribution in [0.2, 0.25) is 0 Å². The summed E-state index contributed by atoms with van der Waals surface area (Å²) in [6.07, 6.45) is 0.560. The third-order valence-corrected chi connectivity index (χ3v) is 1.54. The lowest BCUT2D eigenvalue weighted by molar-refractivity contribution is 0.317. The molecule has 0 aliphatic carbocycles. The first-order valence-electron chi connectivity index (χ1n) is 3.68. The second kappa shape index (κ2) is 3.76. The fraction of sp³-hybridized carbons (Fsp3) is 0.222. The van der Waals surface area contributed by atoms with Crippen molar-refractivity contribution in [1.82, 2.24) is 0 Å². The van der Waals surface area contributed by atoms with E-state index in [1.54, 1.807) is 25.1 Å². The van der Waals surface area contributed by atoms with Crippen molar-refractivity contribution in [3.05, 3.63) is 29.8 Å². The number of phenols is 1. The Morgan fingerprint density at radius 1 is 1.50 bits per heavy atom. The Morgan fingerprint density at radius 3 is 2.83 bits per heavy atom. The van der Waals surface area contributed by atoms with E-state index in [-0.39, 0.29) is 5.75 Å². The van der Waals surface area contributed by atoms with E-state index >= 15 is 0 Å². The average molecular weight is 165 g/mol. The molecule has 0 radical (unpaired) electrons. The van der Waals surface area contributed by atoms with Gasteiger partial charge in [-0.2, -0.15) is 0 Å². The summed E-state index contributed by atoms with van der Waals surface area (Å²) in [6.45, 7) is 1.73. The van der Waals surface area contributed by atoms with E-state index in [0.717, 1.165) is 5.56 Å². The summed E-state index contributed by atoms with van der Waals surface area (Å²) < 4.78 is 0. The minimum Gasteiger partial charge on any atom is -0.508 e. The largest absolute Gasteiger partial charge is 0.508 e. The normalized spacial score (nSPS) is 11.6. The second-order valence-electron chi connectivity index (χ2n) is 2.68. The summed E-state index contributed by atoms with van der Waals surface area (Å²) in [6, 6.07) is 6.88. The molecule has 0 aromatic heterocycles. The van der Waals surface area contributed by atoms with Gasteiger partial charge in [0.2, 0.25) is 0 Å². The molecule has 12 heavy (non-hydrogen) atoms. The van der Waals surface area contributed by atoms with E-state index in [4.69, 9.17) is 10.3 Å². The van der Waals surface area contributed by atoms with Crippen molar-refractivity contribution in [1.29, 1.82) is 0 Å². The maximum Gasteiger partial charge on any atom is 0.115 e. The SMILES string of the molecule is C/C(Cc1cccc(O)c1)=N\O. The predicted octanol–water partition coefficient (Wildman–Crippen LogP) is 1.78. The summed E-state index contributed by atoms with van der Waals surface area (Å²) in [4.78, 5) is 0. The topological polar surface area (TPSA) is 52.8 Å². The predicted molar refractivity (Wildman–Crippen MR) is 46.7 cm³/mol. The summed E-state index contributed by atoms with van der Waals surface area (Å²) in [5.41, 5.74) is 1.56. The van der Waals surface area contributed by atoms with Gasteiger partial charge in [0, 0.05) is 6.42 Å². The van der Waals surface area contributed by atoms with Gasteiger partial charge in [0.25, 0.3) is 0 Å². The highest BCUT2D eigenvalue weighted by atomic mass is 16.4. The van der Waals surface area contributed by atoms with Crippen molar-refractivity contribution >= 4 is 5.71 Å². The van der Waals surface area contributed by atoms with E-state index in [1.807, 2.05) is 6.07 Å². The molecule has 0 fully saturated rings. The van der Waals surface area contributed by atoms with Crippen LogP contribution in [0.15, 0.2) is 29.4 Å². The number of aromatic hydroxyl groups is 1. The fourth-order valence-electron chi connectivity index (χ4n) is 0.997. The molecule has 0 spiro atoms. The summed E-state index contributed by atoms with van der Waals surface area (Å²) in [5.74, 6) is 0.234. The van der Waals surface area contributed by atoms with E-state index in [0.29, 0.717) is 12.1 Å². The molecule has 3 nitrogen and oxygen atoms in total. The molecule has 64 valence electrons. The Balaban J connectivity index is 2.76. The van der Waals surface area contributed by atoms with E-state index < -0.39 is 0 Å². The van der Waals surface area contributed by atoms with Gasteiger partial charge in [0.15, 0.2) is 0 Å². The van der Waals surface area contributed by atoms with Gasteiger partial charge in [-0.1, -0.05) is 17.3 Å². The molecule has 0 aliphatic heterocycles. The van der Waals surface area contributed by atoms with Crippen LogP contribution in [0.5, 0.6) is 5.75 Å². The van der Waals surface area contributed by atoms with Crippen LogP contribution in [0.1, 0.15) is 12.5 Å². The maximum atomic E-state index is 9.10. The molecular weight excluding hydrogens is 154 g/mol. The first kappa shape index (κ1) is 8.59. The molecule has 0 amide bonds. The number of nitrogens with zero attached hydrogens (tertiary/aromatic N) is 1. The zero-order valence-electron chi connectivity index (χ0n) is 6.86. The van der Waals surface area contributed by atoms with Gasteiger partial charge in [-0.3, -0.25) is 0 Å². The Labute approximate surface area is 71.0 Å². The van der Waals surface area contributed by atoms with E-state index in [1.165, 1.54) is 0 Å². The van der Waals surface area contributed by atoms with Gasteiger partial charge in [-0.25, -0.2) is 0 Å². The maximum absolute atomic E-state index is 9.10. The van der Waals surface area contributed by atoms with Crippen molar-refractivity contribution < 1.29 is 10.3 Å². The van der Waals surface area contributed by atoms with Crippen LogP contribution in [0.25, 0.3) is 0 Å². The van der Waals surface area contributed by atoms with Crippen LogP contribution in [-0.4, -0.2) is 16.0 Å². The van der Waals surface area contributed by atoms with Gasteiger partial charge < -0.3 is 10.3 Å². The molecular formula is C9H11NO2. The van der Waals surface area contributed by atoms with Gasteiger partial charge in [0.1, 0.15) is 5.75 Å². The Kier molecular flexibility index (Phi) is 2.69. The highest BCUT2D eigenvalue weighted by molar-refractivity contribution is 5.83. The number of rotatable bonds is 2. The van der Waals surface area contributed by atoms with Gasteiger partial charge >= 0.3 is 0 Å². The zero-order chi connectivity index (χ0) is 8.97. The molecule has 0 atom stereocenters.